The molecular weight excluding hydrogens is 327 g/mol. The number of hydrogen-bond acceptors (Lipinski definition) is 4. The van der Waals surface area contributed by atoms with E-state index in [2.05, 4.69) is 10.6 Å². The van der Waals surface area contributed by atoms with Gasteiger partial charge in [0.25, 0.3) is 0 Å². The number of benzene rings is 2. The number of carbonyl (C=O) groups is 2. The number of aryl methyl sites for hydroxylation is 1. The average Bonchev–Trinajstić information content (AvgIpc) is 2.60. The zero-order chi connectivity index (χ0) is 18.4. The summed E-state index contributed by atoms with van der Waals surface area (Å²) in [4.78, 5) is 23.8. The molecule has 25 heavy (non-hydrogen) atoms. The van der Waals surface area contributed by atoms with Crippen LogP contribution in [0.25, 0.3) is 0 Å². The Balaban J connectivity index is 1.91. The number of carbonyl (C=O) groups excluding carboxylic acids is 2. The minimum absolute atomic E-state index is 0.211. The molecule has 0 aliphatic carbocycles. The van der Waals surface area contributed by atoms with Crippen molar-refractivity contribution in [2.75, 3.05) is 19.0 Å². The average molecular weight is 346 g/mol. The number of aliphatic hydroxyl groups excluding tert-OH is 1. The maximum Gasteiger partial charge on any atom is 0.313 e. The van der Waals surface area contributed by atoms with E-state index in [-0.39, 0.29) is 6.54 Å². The molecule has 0 aromatic heterocycles. The number of rotatable bonds is 5. The molecule has 0 bridgehead atoms. The minimum Gasteiger partial charge on any atom is -0.497 e. The van der Waals surface area contributed by atoms with Crippen LogP contribution in [-0.4, -0.2) is 30.6 Å². The lowest BCUT2D eigenvalue weighted by atomic mass is 10.1. The van der Waals surface area contributed by atoms with Gasteiger partial charge in [0.15, 0.2) is 0 Å². The molecule has 3 N–H and O–H groups in total. The van der Waals surface area contributed by atoms with Crippen molar-refractivity contribution in [3.8, 4) is 5.75 Å². The Bertz CT molecular complexity index is 779. The zero-order valence-corrected chi connectivity index (χ0v) is 13.9. The summed E-state index contributed by atoms with van der Waals surface area (Å²) in [5, 5.41) is 14.7. The normalized spacial score (nSPS) is 11.5. The van der Waals surface area contributed by atoms with Gasteiger partial charge < -0.3 is 20.5 Å². The van der Waals surface area contributed by atoms with Crippen LogP contribution >= 0.6 is 0 Å². The Kier molecular flexibility index (Phi) is 6.08. The summed E-state index contributed by atoms with van der Waals surface area (Å²) in [5.41, 5.74) is 1.53. The third-order valence-electron chi connectivity index (χ3n) is 3.58. The van der Waals surface area contributed by atoms with Crippen molar-refractivity contribution in [3.63, 3.8) is 0 Å². The first kappa shape index (κ1) is 18.4. The van der Waals surface area contributed by atoms with Gasteiger partial charge in [0.05, 0.1) is 13.2 Å². The van der Waals surface area contributed by atoms with Crippen molar-refractivity contribution in [1.82, 2.24) is 5.32 Å². The smallest absolute Gasteiger partial charge is 0.313 e. The molecule has 1 atom stereocenters. The van der Waals surface area contributed by atoms with Gasteiger partial charge in [0, 0.05) is 12.2 Å². The Hall–Kier alpha value is -2.93. The predicted octanol–water partition coefficient (Wildman–Crippen LogP) is 1.93. The highest BCUT2D eigenvalue weighted by Crippen LogP contribution is 2.21. The largest absolute Gasteiger partial charge is 0.497 e. The van der Waals surface area contributed by atoms with E-state index < -0.39 is 23.7 Å². The predicted molar refractivity (Wildman–Crippen MR) is 90.7 cm³/mol. The molecule has 0 saturated heterocycles. The van der Waals surface area contributed by atoms with Gasteiger partial charge in [0.2, 0.25) is 0 Å². The number of halogens is 1. The van der Waals surface area contributed by atoms with Crippen molar-refractivity contribution in [1.29, 1.82) is 0 Å². The highest BCUT2D eigenvalue weighted by Gasteiger charge is 2.17. The van der Waals surface area contributed by atoms with Gasteiger partial charge in [-0.05, 0) is 48.4 Å². The number of aliphatic hydroxyl groups is 1. The second kappa shape index (κ2) is 8.25. The molecule has 0 spiro atoms. The zero-order valence-electron chi connectivity index (χ0n) is 13.9. The van der Waals surface area contributed by atoms with Gasteiger partial charge in [-0.25, -0.2) is 4.39 Å². The second-order valence-corrected chi connectivity index (χ2v) is 5.42. The highest BCUT2D eigenvalue weighted by molar-refractivity contribution is 6.39. The minimum atomic E-state index is -1.12. The molecule has 0 fully saturated rings. The standard InChI is InChI=1S/C18H19FN2O4/c1-11-8-14(25-2)6-7-15(11)21-18(24)17(23)20-10-16(22)12-4-3-5-13(19)9-12/h3-9,16,22H,10H2,1-2H3,(H,20,23)(H,21,24)/t16-/m1/s1. The summed E-state index contributed by atoms with van der Waals surface area (Å²) >= 11 is 0. The van der Waals surface area contributed by atoms with E-state index in [1.165, 1.54) is 25.3 Å². The van der Waals surface area contributed by atoms with E-state index in [1.54, 1.807) is 25.1 Å². The fourth-order valence-electron chi connectivity index (χ4n) is 2.18. The number of nitrogens with one attached hydrogen (secondary N) is 2. The van der Waals surface area contributed by atoms with Crippen molar-refractivity contribution in [2.45, 2.75) is 13.0 Å². The maximum atomic E-state index is 13.1. The van der Waals surface area contributed by atoms with E-state index in [4.69, 9.17) is 4.74 Å². The lowest BCUT2D eigenvalue weighted by Crippen LogP contribution is -2.37. The van der Waals surface area contributed by atoms with Gasteiger partial charge in [-0.3, -0.25) is 9.59 Å². The van der Waals surface area contributed by atoms with Gasteiger partial charge in [0.1, 0.15) is 11.6 Å². The molecule has 2 aromatic rings. The molecule has 2 rings (SSSR count). The van der Waals surface area contributed by atoms with Gasteiger partial charge >= 0.3 is 11.8 Å². The molecular formula is C18H19FN2O4. The van der Waals surface area contributed by atoms with Crippen LogP contribution in [0.15, 0.2) is 42.5 Å². The SMILES string of the molecule is COc1ccc(NC(=O)C(=O)NC[C@@H](O)c2cccc(F)c2)c(C)c1. The van der Waals surface area contributed by atoms with Crippen LogP contribution in [0.1, 0.15) is 17.2 Å². The molecule has 6 nitrogen and oxygen atoms in total. The highest BCUT2D eigenvalue weighted by atomic mass is 19.1. The number of ether oxygens (including phenoxy) is 1. The number of methoxy groups -OCH3 is 1. The third-order valence-corrected chi connectivity index (χ3v) is 3.58. The van der Waals surface area contributed by atoms with E-state index in [0.29, 0.717) is 17.0 Å². The molecule has 0 heterocycles. The van der Waals surface area contributed by atoms with Crippen LogP contribution in [0.4, 0.5) is 10.1 Å². The maximum absolute atomic E-state index is 13.1. The topological polar surface area (TPSA) is 87.7 Å². The van der Waals surface area contributed by atoms with Crippen LogP contribution < -0.4 is 15.4 Å². The fraction of sp³-hybridized carbons (Fsp3) is 0.222. The Morgan fingerprint density at radius 1 is 1.20 bits per heavy atom. The summed E-state index contributed by atoms with van der Waals surface area (Å²) in [7, 11) is 1.53. The second-order valence-electron chi connectivity index (χ2n) is 5.42. The molecule has 0 saturated carbocycles. The van der Waals surface area contributed by atoms with Crippen molar-refractivity contribution >= 4 is 17.5 Å². The lowest BCUT2D eigenvalue weighted by Gasteiger charge is -2.13. The number of amides is 2. The lowest BCUT2D eigenvalue weighted by molar-refractivity contribution is -0.136. The first-order valence-corrected chi connectivity index (χ1v) is 7.58. The molecule has 132 valence electrons. The molecule has 2 aromatic carbocycles. The Labute approximate surface area is 144 Å². The number of anilines is 1. The van der Waals surface area contributed by atoms with E-state index >= 15 is 0 Å². The summed E-state index contributed by atoms with van der Waals surface area (Å²) in [6.07, 6.45) is -1.12. The van der Waals surface area contributed by atoms with E-state index in [9.17, 15) is 19.1 Å². The van der Waals surface area contributed by atoms with E-state index in [1.807, 2.05) is 0 Å². The molecule has 0 unspecified atom stereocenters. The van der Waals surface area contributed by atoms with Crippen molar-refractivity contribution < 1.29 is 23.8 Å². The molecule has 0 aliphatic heterocycles. The number of hydrogen-bond donors (Lipinski definition) is 3. The first-order chi connectivity index (χ1) is 11.9. The van der Waals surface area contributed by atoms with Crippen molar-refractivity contribution in [2.24, 2.45) is 0 Å². The third kappa shape index (κ3) is 5.02. The molecule has 0 aliphatic rings. The van der Waals surface area contributed by atoms with E-state index in [0.717, 1.165) is 11.6 Å². The van der Waals surface area contributed by atoms with Crippen LogP contribution in [-0.2, 0) is 9.59 Å². The van der Waals surface area contributed by atoms with Crippen LogP contribution in [0, 0.1) is 12.7 Å². The molecule has 2 amide bonds. The van der Waals surface area contributed by atoms with Crippen molar-refractivity contribution in [3.05, 3.63) is 59.4 Å². The molecule has 0 radical (unpaired) electrons. The molecule has 7 heteroatoms. The van der Waals surface area contributed by atoms with Crippen LogP contribution in [0.2, 0.25) is 0 Å². The fourth-order valence-corrected chi connectivity index (χ4v) is 2.18. The van der Waals surface area contributed by atoms with Crippen LogP contribution in [0.3, 0.4) is 0 Å². The Morgan fingerprint density at radius 3 is 2.60 bits per heavy atom. The van der Waals surface area contributed by atoms with Gasteiger partial charge in [-0.1, -0.05) is 12.1 Å². The summed E-state index contributed by atoms with van der Waals surface area (Å²) in [5.74, 6) is -1.61. The summed E-state index contributed by atoms with van der Waals surface area (Å²) in [6, 6.07) is 10.4. The summed E-state index contributed by atoms with van der Waals surface area (Å²) < 4.78 is 18.2. The Morgan fingerprint density at radius 2 is 1.96 bits per heavy atom. The van der Waals surface area contributed by atoms with Crippen LogP contribution in [0.5, 0.6) is 5.75 Å². The monoisotopic (exact) mass is 346 g/mol. The van der Waals surface area contributed by atoms with Gasteiger partial charge in [-0.2, -0.15) is 0 Å². The quantitative estimate of drug-likeness (QED) is 0.722. The summed E-state index contributed by atoms with van der Waals surface area (Å²) in [6.45, 7) is 1.56. The van der Waals surface area contributed by atoms with Gasteiger partial charge in [-0.15, -0.1) is 0 Å². The first-order valence-electron chi connectivity index (χ1n) is 7.58.